The van der Waals surface area contributed by atoms with E-state index in [1.54, 1.807) is 12.4 Å². The van der Waals surface area contributed by atoms with Gasteiger partial charge in [-0.2, -0.15) is 0 Å². The molecule has 0 spiro atoms. The van der Waals surface area contributed by atoms with E-state index in [-0.39, 0.29) is 0 Å². The third kappa shape index (κ3) is 3.16. The van der Waals surface area contributed by atoms with Crippen molar-refractivity contribution in [3.63, 3.8) is 0 Å². The molecule has 1 unspecified atom stereocenters. The molecule has 1 aromatic heterocycles. The molecule has 78 valence electrons. The summed E-state index contributed by atoms with van der Waals surface area (Å²) in [5.74, 6) is 0. The molecule has 1 rings (SSSR count). The fraction of sp³-hybridized carbons (Fsp3) is 0.500. The van der Waals surface area contributed by atoms with E-state index in [0.717, 1.165) is 18.5 Å². The van der Waals surface area contributed by atoms with Gasteiger partial charge in [0, 0.05) is 18.4 Å². The van der Waals surface area contributed by atoms with Gasteiger partial charge >= 0.3 is 0 Å². The highest BCUT2D eigenvalue weighted by atomic mass is 35.5. The Kier molecular flexibility index (Phi) is 4.70. The van der Waals surface area contributed by atoms with Crippen LogP contribution in [-0.4, -0.2) is 17.6 Å². The lowest BCUT2D eigenvalue weighted by atomic mass is 10.1. The number of aromatic nitrogens is 1. The zero-order valence-corrected chi connectivity index (χ0v) is 9.09. The van der Waals surface area contributed by atoms with Gasteiger partial charge in [-0.15, -0.1) is 0 Å². The summed E-state index contributed by atoms with van der Waals surface area (Å²) in [7, 11) is 0. The van der Waals surface area contributed by atoms with Crippen LogP contribution in [0, 0.1) is 0 Å². The predicted octanol–water partition coefficient (Wildman–Crippen LogP) is 2.27. The first kappa shape index (κ1) is 11.3. The van der Waals surface area contributed by atoms with Crippen molar-refractivity contribution in [3.8, 4) is 0 Å². The van der Waals surface area contributed by atoms with Crippen molar-refractivity contribution in [2.75, 3.05) is 11.9 Å². The number of halogens is 1. The average Bonchev–Trinajstić information content (AvgIpc) is 2.20. The summed E-state index contributed by atoms with van der Waals surface area (Å²) in [6.07, 6.45) is 5.35. The molecule has 0 aliphatic carbocycles. The molecule has 0 fully saturated rings. The largest absolute Gasteiger partial charge is 0.381 e. The van der Waals surface area contributed by atoms with Gasteiger partial charge in [-0.05, 0) is 25.5 Å². The average molecular weight is 214 g/mol. The van der Waals surface area contributed by atoms with Crippen molar-refractivity contribution in [2.45, 2.75) is 25.8 Å². The standard InChI is InChI=1S/C10H16ClN3/c1-2-8(3-5-12)14-10-4-6-13-7-9(10)11/h4,6-8H,2-3,5,12H2,1H3,(H,13,14). The molecule has 0 aromatic carbocycles. The first-order valence-corrected chi connectivity index (χ1v) is 5.21. The summed E-state index contributed by atoms with van der Waals surface area (Å²) in [4.78, 5) is 3.93. The normalized spacial score (nSPS) is 12.5. The summed E-state index contributed by atoms with van der Waals surface area (Å²) in [5, 5.41) is 4.00. The van der Waals surface area contributed by atoms with Crippen molar-refractivity contribution in [3.05, 3.63) is 23.5 Å². The molecule has 0 aliphatic heterocycles. The van der Waals surface area contributed by atoms with E-state index in [1.165, 1.54) is 0 Å². The van der Waals surface area contributed by atoms with Crippen LogP contribution in [0.2, 0.25) is 5.02 Å². The van der Waals surface area contributed by atoms with Crippen LogP contribution in [0.3, 0.4) is 0 Å². The van der Waals surface area contributed by atoms with Crippen LogP contribution in [0.15, 0.2) is 18.5 Å². The van der Waals surface area contributed by atoms with E-state index in [9.17, 15) is 0 Å². The molecule has 3 N–H and O–H groups in total. The van der Waals surface area contributed by atoms with Crippen molar-refractivity contribution in [1.82, 2.24) is 4.98 Å². The zero-order chi connectivity index (χ0) is 10.4. The Hall–Kier alpha value is -0.800. The van der Waals surface area contributed by atoms with Crippen LogP contribution < -0.4 is 11.1 Å². The van der Waals surface area contributed by atoms with Gasteiger partial charge < -0.3 is 11.1 Å². The van der Waals surface area contributed by atoms with Crippen molar-refractivity contribution >= 4 is 17.3 Å². The van der Waals surface area contributed by atoms with Gasteiger partial charge in [-0.25, -0.2) is 0 Å². The van der Waals surface area contributed by atoms with Crippen LogP contribution in [0.1, 0.15) is 19.8 Å². The third-order valence-corrected chi connectivity index (χ3v) is 2.44. The number of anilines is 1. The van der Waals surface area contributed by atoms with Crippen molar-refractivity contribution in [1.29, 1.82) is 0 Å². The predicted molar refractivity (Wildman–Crippen MR) is 60.6 cm³/mol. The molecule has 0 amide bonds. The van der Waals surface area contributed by atoms with Gasteiger partial charge in [0.1, 0.15) is 0 Å². The second kappa shape index (κ2) is 5.83. The number of nitrogens with two attached hydrogens (primary N) is 1. The zero-order valence-electron chi connectivity index (χ0n) is 8.33. The summed E-state index contributed by atoms with van der Waals surface area (Å²) in [5.41, 5.74) is 6.44. The molecule has 3 nitrogen and oxygen atoms in total. The number of hydrogen-bond acceptors (Lipinski definition) is 3. The van der Waals surface area contributed by atoms with E-state index < -0.39 is 0 Å². The van der Waals surface area contributed by atoms with E-state index in [0.29, 0.717) is 17.6 Å². The van der Waals surface area contributed by atoms with Gasteiger partial charge in [0.05, 0.1) is 10.7 Å². The lowest BCUT2D eigenvalue weighted by molar-refractivity contribution is 0.642. The van der Waals surface area contributed by atoms with Crippen molar-refractivity contribution in [2.24, 2.45) is 5.73 Å². The Morgan fingerprint density at radius 1 is 1.64 bits per heavy atom. The van der Waals surface area contributed by atoms with Crippen LogP contribution >= 0.6 is 11.6 Å². The minimum Gasteiger partial charge on any atom is -0.381 e. The number of pyridine rings is 1. The maximum Gasteiger partial charge on any atom is 0.0820 e. The Morgan fingerprint density at radius 3 is 3.00 bits per heavy atom. The number of hydrogen-bond donors (Lipinski definition) is 2. The van der Waals surface area contributed by atoms with Gasteiger partial charge in [-0.3, -0.25) is 4.98 Å². The Bertz CT molecular complexity index is 278. The number of nitrogens with one attached hydrogen (secondary N) is 1. The van der Waals surface area contributed by atoms with Crippen molar-refractivity contribution < 1.29 is 0 Å². The van der Waals surface area contributed by atoms with E-state index in [4.69, 9.17) is 17.3 Å². The molecule has 0 aliphatic rings. The Labute approximate surface area is 89.7 Å². The third-order valence-electron chi connectivity index (χ3n) is 2.14. The number of nitrogens with zero attached hydrogens (tertiary/aromatic N) is 1. The first-order valence-electron chi connectivity index (χ1n) is 4.84. The van der Waals surface area contributed by atoms with Gasteiger partial charge in [0.25, 0.3) is 0 Å². The maximum absolute atomic E-state index is 5.97. The second-order valence-electron chi connectivity index (χ2n) is 3.18. The Morgan fingerprint density at radius 2 is 2.43 bits per heavy atom. The monoisotopic (exact) mass is 213 g/mol. The molecule has 4 heteroatoms. The smallest absolute Gasteiger partial charge is 0.0820 e. The molecule has 0 saturated carbocycles. The summed E-state index contributed by atoms with van der Waals surface area (Å²) >= 11 is 5.97. The van der Waals surface area contributed by atoms with Gasteiger partial charge in [-0.1, -0.05) is 18.5 Å². The fourth-order valence-corrected chi connectivity index (χ4v) is 1.47. The highest BCUT2D eigenvalue weighted by molar-refractivity contribution is 6.33. The quantitative estimate of drug-likeness (QED) is 0.789. The fourth-order valence-electron chi connectivity index (χ4n) is 1.29. The van der Waals surface area contributed by atoms with E-state index >= 15 is 0 Å². The van der Waals surface area contributed by atoms with Crippen LogP contribution in [0.5, 0.6) is 0 Å². The van der Waals surface area contributed by atoms with E-state index in [2.05, 4.69) is 17.2 Å². The van der Waals surface area contributed by atoms with Crippen LogP contribution in [0.4, 0.5) is 5.69 Å². The molecule has 0 bridgehead atoms. The van der Waals surface area contributed by atoms with E-state index in [1.807, 2.05) is 6.07 Å². The minimum atomic E-state index is 0.389. The maximum atomic E-state index is 5.97. The minimum absolute atomic E-state index is 0.389. The SMILES string of the molecule is CCC(CCN)Nc1ccncc1Cl. The molecular formula is C10H16ClN3. The molecular weight excluding hydrogens is 198 g/mol. The highest BCUT2D eigenvalue weighted by Crippen LogP contribution is 2.21. The lowest BCUT2D eigenvalue weighted by Gasteiger charge is -2.17. The topological polar surface area (TPSA) is 50.9 Å². The summed E-state index contributed by atoms with van der Waals surface area (Å²) in [6.45, 7) is 2.82. The summed E-state index contributed by atoms with van der Waals surface area (Å²) in [6, 6.07) is 2.27. The van der Waals surface area contributed by atoms with Gasteiger partial charge in [0.15, 0.2) is 0 Å². The highest BCUT2D eigenvalue weighted by Gasteiger charge is 2.06. The van der Waals surface area contributed by atoms with Gasteiger partial charge in [0.2, 0.25) is 0 Å². The Balaban J connectivity index is 2.62. The first-order chi connectivity index (χ1) is 6.77. The number of rotatable bonds is 5. The molecule has 0 saturated heterocycles. The van der Waals surface area contributed by atoms with Crippen LogP contribution in [0.25, 0.3) is 0 Å². The molecule has 1 atom stereocenters. The second-order valence-corrected chi connectivity index (χ2v) is 3.59. The molecule has 14 heavy (non-hydrogen) atoms. The summed E-state index contributed by atoms with van der Waals surface area (Å²) < 4.78 is 0. The molecule has 0 radical (unpaired) electrons. The molecule has 1 aromatic rings. The van der Waals surface area contributed by atoms with Crippen LogP contribution in [-0.2, 0) is 0 Å². The lowest BCUT2D eigenvalue weighted by Crippen LogP contribution is -2.22. The molecule has 1 heterocycles.